The Balaban J connectivity index is 1.96. The van der Waals surface area contributed by atoms with Crippen LogP contribution in [0.2, 0.25) is 0 Å². The number of thioether (sulfide) groups is 1. The van der Waals surface area contributed by atoms with E-state index in [9.17, 15) is 5.11 Å². The molecule has 0 aliphatic carbocycles. The van der Waals surface area contributed by atoms with Crippen LogP contribution in [0.3, 0.4) is 0 Å². The predicted molar refractivity (Wildman–Crippen MR) is 109 cm³/mol. The minimum Gasteiger partial charge on any atom is -0.394 e. The lowest BCUT2D eigenvalue weighted by Crippen LogP contribution is -2.23. The SMILES string of the molecule is CC[C@H](CO)Nc1cc2c(ncn2C(C)C)c(SCc2ccccc2)n1. The second kappa shape index (κ2) is 8.56. The predicted octanol–water partition coefficient (Wildman–Crippen LogP) is 4.49. The molecule has 0 unspecified atom stereocenters. The van der Waals surface area contributed by atoms with Crippen molar-refractivity contribution in [2.24, 2.45) is 0 Å². The number of pyridine rings is 1. The van der Waals surface area contributed by atoms with Gasteiger partial charge in [0.2, 0.25) is 0 Å². The lowest BCUT2D eigenvalue weighted by molar-refractivity contribution is 0.271. The first-order valence-electron chi connectivity index (χ1n) is 9.04. The molecule has 0 saturated carbocycles. The largest absolute Gasteiger partial charge is 0.394 e. The van der Waals surface area contributed by atoms with Crippen molar-refractivity contribution in [3.8, 4) is 0 Å². The summed E-state index contributed by atoms with van der Waals surface area (Å²) in [6, 6.07) is 12.7. The summed E-state index contributed by atoms with van der Waals surface area (Å²) in [5, 5.41) is 13.8. The average Bonchev–Trinajstić information content (AvgIpc) is 3.09. The number of benzene rings is 1. The molecule has 5 nitrogen and oxygen atoms in total. The standard InChI is InChI=1S/C20H26N4OS/c1-4-16(11-25)22-18-10-17-19(21-13-24(17)14(2)3)20(23-18)26-12-15-8-6-5-7-9-15/h5-10,13-14,16,25H,4,11-12H2,1-3H3,(H,22,23)/t16-/m1/s1. The number of hydrogen-bond acceptors (Lipinski definition) is 5. The van der Waals surface area contributed by atoms with E-state index in [2.05, 4.69) is 59.9 Å². The molecule has 2 heterocycles. The van der Waals surface area contributed by atoms with E-state index in [0.717, 1.165) is 34.1 Å². The molecule has 2 N–H and O–H groups in total. The molecule has 138 valence electrons. The second-order valence-corrected chi connectivity index (χ2v) is 7.60. The molecule has 6 heteroatoms. The fraction of sp³-hybridized carbons (Fsp3) is 0.400. The summed E-state index contributed by atoms with van der Waals surface area (Å²) in [7, 11) is 0. The topological polar surface area (TPSA) is 63.0 Å². The third kappa shape index (κ3) is 4.19. The molecule has 0 radical (unpaired) electrons. The second-order valence-electron chi connectivity index (χ2n) is 6.63. The molecule has 0 spiro atoms. The van der Waals surface area contributed by atoms with Crippen LogP contribution >= 0.6 is 11.8 Å². The maximum Gasteiger partial charge on any atom is 0.129 e. The number of anilines is 1. The smallest absolute Gasteiger partial charge is 0.129 e. The highest BCUT2D eigenvalue weighted by Crippen LogP contribution is 2.31. The third-order valence-corrected chi connectivity index (χ3v) is 5.41. The van der Waals surface area contributed by atoms with Crippen LogP contribution in [0.5, 0.6) is 0 Å². The lowest BCUT2D eigenvalue weighted by atomic mass is 10.2. The van der Waals surface area contributed by atoms with Crippen LogP contribution in [0.1, 0.15) is 38.8 Å². The molecule has 3 aromatic rings. The van der Waals surface area contributed by atoms with Gasteiger partial charge >= 0.3 is 0 Å². The summed E-state index contributed by atoms with van der Waals surface area (Å²) in [5.74, 6) is 1.63. The van der Waals surface area contributed by atoms with E-state index < -0.39 is 0 Å². The average molecular weight is 371 g/mol. The Morgan fingerprint density at radius 3 is 2.65 bits per heavy atom. The minimum absolute atomic E-state index is 0.00217. The van der Waals surface area contributed by atoms with Crippen molar-refractivity contribution in [3.63, 3.8) is 0 Å². The molecule has 0 aliphatic rings. The van der Waals surface area contributed by atoms with Gasteiger partial charge in [-0.2, -0.15) is 0 Å². The molecule has 0 amide bonds. The van der Waals surface area contributed by atoms with Gasteiger partial charge in [0.1, 0.15) is 16.4 Å². The molecule has 3 rings (SSSR count). The molecule has 1 atom stereocenters. The van der Waals surface area contributed by atoms with Crippen molar-refractivity contribution >= 4 is 28.6 Å². The first-order chi connectivity index (χ1) is 12.6. The van der Waals surface area contributed by atoms with Crippen molar-refractivity contribution in [1.82, 2.24) is 14.5 Å². The first kappa shape index (κ1) is 18.7. The highest BCUT2D eigenvalue weighted by atomic mass is 32.2. The van der Waals surface area contributed by atoms with E-state index in [1.165, 1.54) is 5.56 Å². The van der Waals surface area contributed by atoms with Crippen LogP contribution in [0.25, 0.3) is 11.0 Å². The number of nitrogens with zero attached hydrogens (tertiary/aromatic N) is 3. The maximum atomic E-state index is 9.51. The molecule has 1 aromatic carbocycles. The third-order valence-electron chi connectivity index (χ3n) is 4.37. The van der Waals surface area contributed by atoms with Gasteiger partial charge in [0.15, 0.2) is 0 Å². The lowest BCUT2D eigenvalue weighted by Gasteiger charge is -2.16. The fourth-order valence-corrected chi connectivity index (χ4v) is 3.75. The van der Waals surface area contributed by atoms with E-state index in [0.29, 0.717) is 6.04 Å². The summed E-state index contributed by atoms with van der Waals surface area (Å²) in [6.07, 6.45) is 2.73. The first-order valence-corrected chi connectivity index (χ1v) is 10.0. The molecule has 0 fully saturated rings. The van der Waals surface area contributed by atoms with Crippen molar-refractivity contribution in [1.29, 1.82) is 0 Å². The van der Waals surface area contributed by atoms with Gasteiger partial charge in [-0.15, -0.1) is 0 Å². The zero-order valence-electron chi connectivity index (χ0n) is 15.5. The number of aliphatic hydroxyl groups is 1. The molecule has 26 heavy (non-hydrogen) atoms. The number of aromatic nitrogens is 3. The van der Waals surface area contributed by atoms with Gasteiger partial charge in [0.25, 0.3) is 0 Å². The zero-order valence-corrected chi connectivity index (χ0v) is 16.3. The van der Waals surface area contributed by atoms with Crippen molar-refractivity contribution < 1.29 is 5.11 Å². The number of aliphatic hydroxyl groups excluding tert-OH is 1. The number of rotatable bonds is 8. The van der Waals surface area contributed by atoms with Gasteiger partial charge in [-0.25, -0.2) is 9.97 Å². The summed E-state index contributed by atoms with van der Waals surface area (Å²) >= 11 is 1.70. The Morgan fingerprint density at radius 1 is 1.23 bits per heavy atom. The Morgan fingerprint density at radius 2 is 2.00 bits per heavy atom. The highest BCUT2D eigenvalue weighted by Gasteiger charge is 2.15. The summed E-state index contributed by atoms with van der Waals surface area (Å²) in [6.45, 7) is 6.43. The van der Waals surface area contributed by atoms with Crippen LogP contribution < -0.4 is 5.32 Å². The molecule has 0 aliphatic heterocycles. The van der Waals surface area contributed by atoms with E-state index in [-0.39, 0.29) is 12.6 Å². The monoisotopic (exact) mass is 370 g/mol. The fourth-order valence-electron chi connectivity index (χ4n) is 2.80. The molecule has 0 saturated heterocycles. The molecular weight excluding hydrogens is 344 g/mol. The summed E-state index contributed by atoms with van der Waals surface area (Å²) in [5.41, 5.74) is 3.26. The normalized spacial score (nSPS) is 12.7. The van der Waals surface area contributed by atoms with Gasteiger partial charge in [0.05, 0.1) is 24.5 Å². The quantitative estimate of drug-likeness (QED) is 0.572. The highest BCUT2D eigenvalue weighted by molar-refractivity contribution is 7.98. The molecular formula is C20H26N4OS. The van der Waals surface area contributed by atoms with E-state index in [4.69, 9.17) is 4.98 Å². The Bertz CT molecular complexity index is 844. The summed E-state index contributed by atoms with van der Waals surface area (Å²) < 4.78 is 2.16. The number of nitrogens with one attached hydrogen (secondary N) is 1. The van der Waals surface area contributed by atoms with E-state index in [1.807, 2.05) is 18.5 Å². The van der Waals surface area contributed by atoms with E-state index >= 15 is 0 Å². The van der Waals surface area contributed by atoms with Crippen molar-refractivity contribution in [2.75, 3.05) is 11.9 Å². The number of imidazole rings is 1. The van der Waals surface area contributed by atoms with Gasteiger partial charge in [0, 0.05) is 17.9 Å². The van der Waals surface area contributed by atoms with Gasteiger partial charge in [-0.3, -0.25) is 0 Å². The number of fused-ring (bicyclic) bond motifs is 1. The molecule has 2 aromatic heterocycles. The van der Waals surface area contributed by atoms with Gasteiger partial charge in [-0.1, -0.05) is 49.0 Å². The Kier molecular flexibility index (Phi) is 6.16. The van der Waals surface area contributed by atoms with Crippen LogP contribution in [0, 0.1) is 0 Å². The number of hydrogen-bond donors (Lipinski definition) is 2. The van der Waals surface area contributed by atoms with Crippen LogP contribution in [-0.2, 0) is 5.75 Å². The van der Waals surface area contributed by atoms with Gasteiger partial charge < -0.3 is 15.0 Å². The molecule has 0 bridgehead atoms. The minimum atomic E-state index is 0.00217. The van der Waals surface area contributed by atoms with Gasteiger partial charge in [-0.05, 0) is 25.8 Å². The van der Waals surface area contributed by atoms with Crippen LogP contribution in [0.4, 0.5) is 5.82 Å². The van der Waals surface area contributed by atoms with Crippen LogP contribution in [-0.4, -0.2) is 32.3 Å². The zero-order chi connectivity index (χ0) is 18.5. The van der Waals surface area contributed by atoms with Crippen molar-refractivity contribution in [3.05, 3.63) is 48.3 Å². The maximum absolute atomic E-state index is 9.51. The van der Waals surface area contributed by atoms with Crippen molar-refractivity contribution in [2.45, 2.75) is 50.1 Å². The van der Waals surface area contributed by atoms with E-state index in [1.54, 1.807) is 11.8 Å². The van der Waals surface area contributed by atoms with Crippen LogP contribution in [0.15, 0.2) is 47.8 Å². The Labute approximate surface area is 158 Å². The Hall–Kier alpha value is -2.05. The summed E-state index contributed by atoms with van der Waals surface area (Å²) in [4.78, 5) is 9.40.